The second kappa shape index (κ2) is 5.64. The lowest BCUT2D eigenvalue weighted by Crippen LogP contribution is -2.37. The van der Waals surface area contributed by atoms with Crippen molar-refractivity contribution in [2.75, 3.05) is 6.54 Å². The molecule has 0 unspecified atom stereocenters. The molecule has 1 heterocycles. The number of nitrogens with zero attached hydrogens (tertiary/aromatic N) is 2. The van der Waals surface area contributed by atoms with E-state index in [9.17, 15) is 0 Å². The van der Waals surface area contributed by atoms with Gasteiger partial charge in [0.2, 0.25) is 0 Å². The molecule has 2 N–H and O–H groups in total. The monoisotopic (exact) mass is 257 g/mol. The Kier molecular flexibility index (Phi) is 3.72. The van der Waals surface area contributed by atoms with Crippen LogP contribution in [0.2, 0.25) is 0 Å². The van der Waals surface area contributed by atoms with Crippen LogP contribution < -0.4 is 5.73 Å². The minimum absolute atomic E-state index is 0.471. The number of guanidine groups is 1. The van der Waals surface area contributed by atoms with Crippen LogP contribution in [0, 0.1) is 0 Å². The van der Waals surface area contributed by atoms with Gasteiger partial charge >= 0.3 is 0 Å². The van der Waals surface area contributed by atoms with E-state index in [0.29, 0.717) is 6.04 Å². The minimum atomic E-state index is 0.471. The van der Waals surface area contributed by atoms with E-state index >= 15 is 0 Å². The third-order valence-electron chi connectivity index (χ3n) is 4.32. The van der Waals surface area contributed by atoms with Gasteiger partial charge in [-0.2, -0.15) is 0 Å². The topological polar surface area (TPSA) is 41.6 Å². The molecule has 0 saturated heterocycles. The van der Waals surface area contributed by atoms with Gasteiger partial charge in [0.15, 0.2) is 5.96 Å². The summed E-state index contributed by atoms with van der Waals surface area (Å²) in [6.45, 7) is 1.94. The first kappa shape index (κ1) is 12.5. The van der Waals surface area contributed by atoms with Gasteiger partial charge in [0.1, 0.15) is 0 Å². The lowest BCUT2D eigenvalue weighted by atomic mass is 10.0. The molecule has 1 aromatic rings. The molecule has 0 atom stereocenters. The van der Waals surface area contributed by atoms with Crippen LogP contribution in [0.15, 0.2) is 29.3 Å². The van der Waals surface area contributed by atoms with Crippen molar-refractivity contribution in [3.63, 3.8) is 0 Å². The van der Waals surface area contributed by atoms with Crippen LogP contribution in [0.4, 0.5) is 0 Å². The largest absolute Gasteiger partial charge is 0.370 e. The summed E-state index contributed by atoms with van der Waals surface area (Å²) in [6, 6.07) is 9.18. The Bertz CT molecular complexity index is 461. The zero-order valence-corrected chi connectivity index (χ0v) is 11.5. The maximum absolute atomic E-state index is 6.23. The highest BCUT2D eigenvalue weighted by Gasteiger charge is 2.18. The number of aliphatic imine (C=N–C) groups is 1. The standard InChI is InChI=1S/C16H23N3/c17-16(18-15-9-3-4-10-15)19-11-5-8-13-6-1-2-7-14(13)12-19/h1-2,6-7,15H,3-5,8-12H2,(H2,17,18). The zero-order valence-electron chi connectivity index (χ0n) is 11.5. The number of benzene rings is 1. The second-order valence-corrected chi connectivity index (χ2v) is 5.72. The third kappa shape index (κ3) is 2.91. The highest BCUT2D eigenvalue weighted by atomic mass is 15.3. The molecule has 0 spiro atoms. The molecule has 0 amide bonds. The number of fused-ring (bicyclic) bond motifs is 1. The van der Waals surface area contributed by atoms with Gasteiger partial charge in [0.05, 0.1) is 6.04 Å². The molecular formula is C16H23N3. The second-order valence-electron chi connectivity index (χ2n) is 5.72. The summed E-state index contributed by atoms with van der Waals surface area (Å²) in [5.41, 5.74) is 9.11. The van der Waals surface area contributed by atoms with Crippen LogP contribution in [-0.4, -0.2) is 23.4 Å². The first-order valence-electron chi connectivity index (χ1n) is 7.48. The van der Waals surface area contributed by atoms with Crippen molar-refractivity contribution in [2.45, 2.75) is 51.1 Å². The predicted octanol–water partition coefficient (Wildman–Crippen LogP) is 2.69. The van der Waals surface area contributed by atoms with Gasteiger partial charge in [-0.1, -0.05) is 37.1 Å². The third-order valence-corrected chi connectivity index (χ3v) is 4.32. The average Bonchev–Trinajstić information content (AvgIpc) is 2.82. The first-order chi connectivity index (χ1) is 9.33. The normalized spacial score (nSPS) is 21.3. The van der Waals surface area contributed by atoms with Gasteiger partial charge < -0.3 is 10.6 Å². The number of nitrogens with two attached hydrogens (primary N) is 1. The predicted molar refractivity (Wildman–Crippen MR) is 79.1 cm³/mol. The van der Waals surface area contributed by atoms with Crippen LogP contribution in [0.5, 0.6) is 0 Å². The van der Waals surface area contributed by atoms with E-state index < -0.39 is 0 Å². The average molecular weight is 257 g/mol. The Hall–Kier alpha value is -1.51. The maximum Gasteiger partial charge on any atom is 0.191 e. The zero-order chi connectivity index (χ0) is 13.1. The SMILES string of the molecule is NC(=NC1CCCC1)N1CCCc2ccccc2C1. The Labute approximate surface area is 115 Å². The highest BCUT2D eigenvalue weighted by Crippen LogP contribution is 2.22. The van der Waals surface area contributed by atoms with E-state index in [1.807, 2.05) is 0 Å². The molecule has 2 aliphatic rings. The number of rotatable bonds is 1. The first-order valence-corrected chi connectivity index (χ1v) is 7.48. The number of hydrogen-bond acceptors (Lipinski definition) is 1. The summed E-state index contributed by atoms with van der Waals surface area (Å²) in [5, 5.41) is 0. The molecule has 1 aliphatic carbocycles. The molecular weight excluding hydrogens is 234 g/mol. The summed E-state index contributed by atoms with van der Waals surface area (Å²) in [5.74, 6) is 0.753. The molecule has 1 fully saturated rings. The van der Waals surface area contributed by atoms with Crippen LogP contribution in [0.3, 0.4) is 0 Å². The van der Waals surface area contributed by atoms with Crippen LogP contribution in [-0.2, 0) is 13.0 Å². The Morgan fingerprint density at radius 2 is 1.84 bits per heavy atom. The van der Waals surface area contributed by atoms with E-state index in [4.69, 9.17) is 10.7 Å². The van der Waals surface area contributed by atoms with E-state index in [-0.39, 0.29) is 0 Å². The van der Waals surface area contributed by atoms with Crippen LogP contribution >= 0.6 is 0 Å². The lowest BCUT2D eigenvalue weighted by molar-refractivity contribution is 0.408. The van der Waals surface area contributed by atoms with Crippen molar-refractivity contribution in [2.24, 2.45) is 10.7 Å². The smallest absolute Gasteiger partial charge is 0.191 e. The lowest BCUT2D eigenvalue weighted by Gasteiger charge is -2.22. The van der Waals surface area contributed by atoms with Crippen molar-refractivity contribution in [3.05, 3.63) is 35.4 Å². The Morgan fingerprint density at radius 3 is 2.63 bits per heavy atom. The summed E-state index contributed by atoms with van der Waals surface area (Å²) in [4.78, 5) is 6.99. The Balaban J connectivity index is 1.74. The summed E-state index contributed by atoms with van der Waals surface area (Å²) < 4.78 is 0. The molecule has 1 saturated carbocycles. The van der Waals surface area contributed by atoms with Crippen LogP contribution in [0.25, 0.3) is 0 Å². The fraction of sp³-hybridized carbons (Fsp3) is 0.562. The van der Waals surface area contributed by atoms with Crippen molar-refractivity contribution < 1.29 is 0 Å². The molecule has 1 aromatic carbocycles. The van der Waals surface area contributed by atoms with Gasteiger partial charge in [-0.3, -0.25) is 0 Å². The number of hydrogen-bond donors (Lipinski definition) is 1. The quantitative estimate of drug-likeness (QED) is 0.621. The van der Waals surface area contributed by atoms with Gasteiger partial charge in [-0.05, 0) is 36.8 Å². The molecule has 0 aromatic heterocycles. The van der Waals surface area contributed by atoms with Crippen molar-refractivity contribution in [3.8, 4) is 0 Å². The van der Waals surface area contributed by atoms with Gasteiger partial charge in [0.25, 0.3) is 0 Å². The number of aryl methyl sites for hydroxylation is 1. The highest BCUT2D eigenvalue weighted by molar-refractivity contribution is 5.78. The minimum Gasteiger partial charge on any atom is -0.370 e. The van der Waals surface area contributed by atoms with Crippen molar-refractivity contribution >= 4 is 5.96 Å². The van der Waals surface area contributed by atoms with Crippen molar-refractivity contribution in [1.82, 2.24) is 4.90 Å². The Morgan fingerprint density at radius 1 is 1.11 bits per heavy atom. The van der Waals surface area contributed by atoms with E-state index in [0.717, 1.165) is 31.9 Å². The molecule has 19 heavy (non-hydrogen) atoms. The fourth-order valence-electron chi connectivity index (χ4n) is 3.20. The molecule has 0 radical (unpaired) electrons. The fourth-order valence-corrected chi connectivity index (χ4v) is 3.20. The molecule has 3 heteroatoms. The molecule has 3 nitrogen and oxygen atoms in total. The van der Waals surface area contributed by atoms with E-state index in [2.05, 4.69) is 29.2 Å². The maximum atomic E-state index is 6.23. The van der Waals surface area contributed by atoms with E-state index in [1.165, 1.54) is 36.8 Å². The van der Waals surface area contributed by atoms with Gasteiger partial charge in [0, 0.05) is 13.1 Å². The summed E-state index contributed by atoms with van der Waals surface area (Å²) in [7, 11) is 0. The molecule has 0 bridgehead atoms. The van der Waals surface area contributed by atoms with E-state index in [1.54, 1.807) is 0 Å². The van der Waals surface area contributed by atoms with Crippen molar-refractivity contribution in [1.29, 1.82) is 0 Å². The molecule has 102 valence electrons. The van der Waals surface area contributed by atoms with Gasteiger partial charge in [-0.25, -0.2) is 4.99 Å². The molecule has 3 rings (SSSR count). The summed E-state index contributed by atoms with van der Waals surface area (Å²) in [6.07, 6.45) is 7.37. The van der Waals surface area contributed by atoms with Gasteiger partial charge in [-0.15, -0.1) is 0 Å². The molecule has 1 aliphatic heterocycles. The summed E-state index contributed by atoms with van der Waals surface area (Å²) >= 11 is 0. The van der Waals surface area contributed by atoms with Crippen LogP contribution in [0.1, 0.15) is 43.2 Å².